The Morgan fingerprint density at radius 1 is 1.53 bits per heavy atom. The topological polar surface area (TPSA) is 129 Å². The van der Waals surface area contributed by atoms with E-state index in [1.165, 1.54) is 13.4 Å². The molecular formula is C10H17N5O4. The summed E-state index contributed by atoms with van der Waals surface area (Å²) in [7, 11) is 1.27. The number of urea groups is 1. The fourth-order valence-corrected chi connectivity index (χ4v) is 1.33. The smallest absolute Gasteiger partial charge is 0.334 e. The van der Waals surface area contributed by atoms with Gasteiger partial charge in [0.05, 0.1) is 6.54 Å². The van der Waals surface area contributed by atoms with Gasteiger partial charge in [-0.1, -0.05) is 0 Å². The highest BCUT2D eigenvalue weighted by Crippen LogP contribution is 1.91. The van der Waals surface area contributed by atoms with Crippen LogP contribution in [0.2, 0.25) is 0 Å². The third-order valence-electron chi connectivity index (χ3n) is 2.35. The minimum Gasteiger partial charge on any atom is -0.479 e. The van der Waals surface area contributed by atoms with E-state index in [1.807, 2.05) is 0 Å². The normalized spacial score (nSPS) is 11.8. The van der Waals surface area contributed by atoms with Crippen molar-refractivity contribution in [1.82, 2.24) is 25.8 Å². The SMILES string of the molecule is COC(CNC(=O)NCCCc1ncn[nH]1)C(=O)O. The van der Waals surface area contributed by atoms with Crippen molar-refractivity contribution in [2.75, 3.05) is 20.2 Å². The van der Waals surface area contributed by atoms with Gasteiger partial charge in [-0.2, -0.15) is 5.10 Å². The summed E-state index contributed by atoms with van der Waals surface area (Å²) in [5, 5.41) is 20.1. The number of carbonyl (C=O) groups is 2. The molecule has 0 aliphatic carbocycles. The van der Waals surface area contributed by atoms with E-state index < -0.39 is 18.1 Å². The van der Waals surface area contributed by atoms with Crippen molar-refractivity contribution >= 4 is 12.0 Å². The van der Waals surface area contributed by atoms with E-state index in [2.05, 4.69) is 30.6 Å². The number of H-pyrrole nitrogens is 1. The molecule has 1 atom stereocenters. The monoisotopic (exact) mass is 271 g/mol. The fraction of sp³-hybridized carbons (Fsp3) is 0.600. The van der Waals surface area contributed by atoms with Crippen molar-refractivity contribution in [1.29, 1.82) is 0 Å². The first-order chi connectivity index (χ1) is 9.13. The van der Waals surface area contributed by atoms with Crippen LogP contribution in [0.25, 0.3) is 0 Å². The number of aromatic amines is 1. The first kappa shape index (κ1) is 14.9. The molecule has 1 heterocycles. The molecule has 1 aromatic rings. The molecule has 0 bridgehead atoms. The molecule has 106 valence electrons. The summed E-state index contributed by atoms with van der Waals surface area (Å²) in [4.78, 5) is 25.9. The Kier molecular flexibility index (Phi) is 6.30. The first-order valence-electron chi connectivity index (χ1n) is 5.75. The van der Waals surface area contributed by atoms with Gasteiger partial charge in [0.15, 0.2) is 6.10 Å². The Morgan fingerprint density at radius 3 is 2.89 bits per heavy atom. The quantitative estimate of drug-likeness (QED) is 0.455. The van der Waals surface area contributed by atoms with E-state index in [0.29, 0.717) is 19.4 Å². The van der Waals surface area contributed by atoms with E-state index >= 15 is 0 Å². The molecule has 0 saturated heterocycles. The summed E-state index contributed by atoms with van der Waals surface area (Å²) in [6.45, 7) is 0.372. The maximum absolute atomic E-state index is 11.3. The molecule has 0 radical (unpaired) electrons. The number of nitrogens with zero attached hydrogens (tertiary/aromatic N) is 2. The number of nitrogens with one attached hydrogen (secondary N) is 3. The van der Waals surface area contributed by atoms with Crippen LogP contribution in [-0.2, 0) is 16.0 Å². The summed E-state index contributed by atoms with van der Waals surface area (Å²) in [6.07, 6.45) is 1.76. The van der Waals surface area contributed by atoms with Gasteiger partial charge in [0, 0.05) is 20.1 Å². The van der Waals surface area contributed by atoms with Crippen molar-refractivity contribution < 1.29 is 19.4 Å². The fourth-order valence-electron chi connectivity index (χ4n) is 1.33. The number of hydrogen-bond donors (Lipinski definition) is 4. The van der Waals surface area contributed by atoms with E-state index in [-0.39, 0.29) is 6.54 Å². The van der Waals surface area contributed by atoms with Crippen LogP contribution in [0.15, 0.2) is 6.33 Å². The molecule has 9 nitrogen and oxygen atoms in total. The van der Waals surface area contributed by atoms with Gasteiger partial charge in [0.1, 0.15) is 12.2 Å². The molecule has 0 aromatic carbocycles. The maximum Gasteiger partial charge on any atom is 0.334 e. The molecule has 19 heavy (non-hydrogen) atoms. The molecule has 2 amide bonds. The minimum absolute atomic E-state index is 0.0836. The number of carboxylic acid groups (broad SMARTS) is 1. The van der Waals surface area contributed by atoms with Gasteiger partial charge in [0.25, 0.3) is 0 Å². The molecule has 0 aliphatic rings. The maximum atomic E-state index is 11.3. The predicted octanol–water partition coefficient (Wildman–Crippen LogP) is -0.864. The van der Waals surface area contributed by atoms with E-state index in [9.17, 15) is 9.59 Å². The highest BCUT2D eigenvalue weighted by Gasteiger charge is 2.16. The second-order valence-corrected chi connectivity index (χ2v) is 3.74. The molecule has 0 aliphatic heterocycles. The Bertz CT molecular complexity index is 395. The number of aliphatic carboxylic acids is 1. The van der Waals surface area contributed by atoms with Gasteiger partial charge in [-0.3, -0.25) is 5.10 Å². The second-order valence-electron chi connectivity index (χ2n) is 3.74. The average molecular weight is 271 g/mol. The Labute approximate surface area is 109 Å². The van der Waals surface area contributed by atoms with E-state index in [0.717, 1.165) is 5.82 Å². The van der Waals surface area contributed by atoms with Crippen molar-refractivity contribution in [2.24, 2.45) is 0 Å². The van der Waals surface area contributed by atoms with Crippen molar-refractivity contribution in [3.63, 3.8) is 0 Å². The van der Waals surface area contributed by atoms with Gasteiger partial charge < -0.3 is 20.5 Å². The summed E-state index contributed by atoms with van der Waals surface area (Å²) in [6, 6.07) is -0.430. The molecular weight excluding hydrogens is 254 g/mol. The van der Waals surface area contributed by atoms with Gasteiger partial charge in [-0.15, -0.1) is 0 Å². The van der Waals surface area contributed by atoms with E-state index in [4.69, 9.17) is 5.11 Å². The molecule has 4 N–H and O–H groups in total. The molecule has 1 rings (SSSR count). The number of rotatable bonds is 8. The summed E-state index contributed by atoms with van der Waals surface area (Å²) in [5.74, 6) is -0.361. The summed E-state index contributed by atoms with van der Waals surface area (Å²) >= 11 is 0. The third-order valence-corrected chi connectivity index (χ3v) is 2.35. The molecule has 0 saturated carbocycles. The van der Waals surface area contributed by atoms with Crippen molar-refractivity contribution in [3.05, 3.63) is 12.2 Å². The lowest BCUT2D eigenvalue weighted by Crippen LogP contribution is -2.43. The van der Waals surface area contributed by atoms with Crippen LogP contribution in [0, 0.1) is 0 Å². The van der Waals surface area contributed by atoms with Crippen molar-refractivity contribution in [3.8, 4) is 0 Å². The van der Waals surface area contributed by atoms with Crippen LogP contribution in [-0.4, -0.2) is 58.6 Å². The zero-order chi connectivity index (χ0) is 14.1. The summed E-state index contributed by atoms with van der Waals surface area (Å²) < 4.78 is 4.68. The zero-order valence-electron chi connectivity index (χ0n) is 10.5. The lowest BCUT2D eigenvalue weighted by molar-refractivity contribution is -0.147. The van der Waals surface area contributed by atoms with E-state index in [1.54, 1.807) is 0 Å². The standard InChI is InChI=1S/C10H17N5O4/c1-19-7(9(16)17)5-12-10(18)11-4-2-3-8-13-6-14-15-8/h6-7H,2-5H2,1H3,(H,16,17)(H2,11,12,18)(H,13,14,15). The highest BCUT2D eigenvalue weighted by atomic mass is 16.5. The number of aryl methyl sites for hydroxylation is 1. The van der Waals surface area contributed by atoms with Crippen LogP contribution in [0.4, 0.5) is 4.79 Å². The van der Waals surface area contributed by atoms with Gasteiger partial charge >= 0.3 is 12.0 Å². The van der Waals surface area contributed by atoms with Crippen molar-refractivity contribution in [2.45, 2.75) is 18.9 Å². The Morgan fingerprint density at radius 2 is 2.32 bits per heavy atom. The molecule has 9 heteroatoms. The van der Waals surface area contributed by atoms with Crippen LogP contribution < -0.4 is 10.6 Å². The van der Waals surface area contributed by atoms with Crippen LogP contribution in [0.5, 0.6) is 0 Å². The summed E-state index contributed by atoms with van der Waals surface area (Å²) in [5.41, 5.74) is 0. The molecule has 1 aromatic heterocycles. The highest BCUT2D eigenvalue weighted by molar-refractivity contribution is 5.76. The number of methoxy groups -OCH3 is 1. The lowest BCUT2D eigenvalue weighted by atomic mass is 10.3. The number of hydrogen-bond acceptors (Lipinski definition) is 5. The Hall–Kier alpha value is -2.16. The minimum atomic E-state index is -1.12. The zero-order valence-corrected chi connectivity index (χ0v) is 10.5. The van der Waals surface area contributed by atoms with Gasteiger partial charge in [-0.25, -0.2) is 14.6 Å². The van der Waals surface area contributed by atoms with Gasteiger partial charge in [-0.05, 0) is 6.42 Å². The second kappa shape index (κ2) is 8.03. The van der Waals surface area contributed by atoms with Gasteiger partial charge in [0.2, 0.25) is 0 Å². The number of carboxylic acids is 1. The van der Waals surface area contributed by atoms with Crippen LogP contribution in [0.3, 0.4) is 0 Å². The molecule has 0 spiro atoms. The van der Waals surface area contributed by atoms with Crippen LogP contribution >= 0.6 is 0 Å². The number of amides is 2. The number of carbonyl (C=O) groups excluding carboxylic acids is 1. The third kappa shape index (κ3) is 5.82. The largest absolute Gasteiger partial charge is 0.479 e. The lowest BCUT2D eigenvalue weighted by Gasteiger charge is -2.12. The first-order valence-corrected chi connectivity index (χ1v) is 5.75. The number of aromatic nitrogens is 3. The average Bonchev–Trinajstić information content (AvgIpc) is 2.88. The number of ether oxygens (including phenoxy) is 1. The Balaban J connectivity index is 2.09. The molecule has 1 unspecified atom stereocenters. The van der Waals surface area contributed by atoms with Crippen LogP contribution in [0.1, 0.15) is 12.2 Å². The predicted molar refractivity (Wildman–Crippen MR) is 64.5 cm³/mol. The molecule has 0 fully saturated rings.